The van der Waals surface area contributed by atoms with Crippen LogP contribution in [0.3, 0.4) is 0 Å². The fraction of sp³-hybridized carbons (Fsp3) is 0.750. The van der Waals surface area contributed by atoms with Crippen LogP contribution in [0.4, 0.5) is 0 Å². The van der Waals surface area contributed by atoms with E-state index in [4.69, 9.17) is 14.2 Å². The highest BCUT2D eigenvalue weighted by molar-refractivity contribution is 5.71. The van der Waals surface area contributed by atoms with Crippen LogP contribution in [0.15, 0.2) is 85.1 Å². The summed E-state index contributed by atoms with van der Waals surface area (Å²) < 4.78 is 16.9. The van der Waals surface area contributed by atoms with E-state index in [1.165, 1.54) is 161 Å². The second-order valence-electron chi connectivity index (χ2n) is 20.9. The summed E-state index contributed by atoms with van der Waals surface area (Å²) in [6.07, 6.45) is 81.5. The predicted octanol–water partition coefficient (Wildman–Crippen LogP) is 21.5. The van der Waals surface area contributed by atoms with Gasteiger partial charge in [0.15, 0.2) is 6.10 Å². The Morgan fingerprint density at radius 2 is 0.527 bits per heavy atom. The minimum absolute atomic E-state index is 0.0859. The van der Waals surface area contributed by atoms with Gasteiger partial charge in [-0.1, -0.05) is 260 Å². The molecule has 0 saturated carbocycles. The quantitative estimate of drug-likeness (QED) is 0.0261. The fourth-order valence-corrected chi connectivity index (χ4v) is 8.87. The highest BCUT2D eigenvalue weighted by Gasteiger charge is 2.19. The number of hydrogen-bond donors (Lipinski definition) is 0. The van der Waals surface area contributed by atoms with Crippen LogP contribution in [-0.4, -0.2) is 37.2 Å². The molecular weight excluding hydrogens is 913 g/mol. The Balaban J connectivity index is 4.42. The van der Waals surface area contributed by atoms with E-state index >= 15 is 0 Å². The molecular formula is C68H118O6. The molecule has 0 aliphatic heterocycles. The van der Waals surface area contributed by atoms with Gasteiger partial charge in [0.25, 0.3) is 0 Å². The number of carbonyl (C=O) groups excluding carboxylic acids is 3. The van der Waals surface area contributed by atoms with Crippen molar-refractivity contribution in [1.29, 1.82) is 0 Å². The molecule has 0 N–H and O–H groups in total. The minimum Gasteiger partial charge on any atom is -0.462 e. The first-order valence-electron chi connectivity index (χ1n) is 31.6. The van der Waals surface area contributed by atoms with Gasteiger partial charge in [-0.2, -0.15) is 0 Å². The second kappa shape index (κ2) is 62.1. The van der Waals surface area contributed by atoms with Gasteiger partial charge in [-0.05, 0) is 116 Å². The summed E-state index contributed by atoms with van der Waals surface area (Å²) in [7, 11) is 0. The van der Waals surface area contributed by atoms with Crippen LogP contribution in [0.1, 0.15) is 310 Å². The van der Waals surface area contributed by atoms with Crippen LogP contribution >= 0.6 is 0 Å². The molecule has 0 aromatic carbocycles. The van der Waals surface area contributed by atoms with E-state index in [9.17, 15) is 14.4 Å². The molecule has 0 aromatic heterocycles. The third-order valence-corrected chi connectivity index (χ3v) is 13.6. The topological polar surface area (TPSA) is 78.9 Å². The number of hydrogen-bond acceptors (Lipinski definition) is 6. The molecule has 0 saturated heterocycles. The van der Waals surface area contributed by atoms with Gasteiger partial charge in [-0.15, -0.1) is 0 Å². The highest BCUT2D eigenvalue weighted by atomic mass is 16.6. The van der Waals surface area contributed by atoms with Gasteiger partial charge in [0.05, 0.1) is 0 Å². The van der Waals surface area contributed by atoms with Gasteiger partial charge < -0.3 is 14.2 Å². The summed E-state index contributed by atoms with van der Waals surface area (Å²) in [5.41, 5.74) is 0. The third-order valence-electron chi connectivity index (χ3n) is 13.6. The number of rotatable bonds is 57. The number of carbonyl (C=O) groups is 3. The molecule has 74 heavy (non-hydrogen) atoms. The zero-order valence-electron chi connectivity index (χ0n) is 48.8. The van der Waals surface area contributed by atoms with Gasteiger partial charge in [-0.3, -0.25) is 14.4 Å². The summed E-state index contributed by atoms with van der Waals surface area (Å²) in [6.45, 7) is 6.53. The Bertz CT molecular complexity index is 1420. The molecule has 426 valence electrons. The molecule has 1 atom stereocenters. The van der Waals surface area contributed by atoms with E-state index in [1.54, 1.807) is 0 Å². The lowest BCUT2D eigenvalue weighted by molar-refractivity contribution is -0.167. The van der Waals surface area contributed by atoms with Crippen LogP contribution in [0.5, 0.6) is 0 Å². The molecule has 0 heterocycles. The maximum absolute atomic E-state index is 12.9. The zero-order valence-corrected chi connectivity index (χ0v) is 48.8. The maximum atomic E-state index is 12.9. The smallest absolute Gasteiger partial charge is 0.306 e. The highest BCUT2D eigenvalue weighted by Crippen LogP contribution is 2.16. The second-order valence-corrected chi connectivity index (χ2v) is 20.9. The number of allylic oxidation sites excluding steroid dienone is 14. The molecule has 0 bridgehead atoms. The Morgan fingerprint density at radius 3 is 0.838 bits per heavy atom. The number of ether oxygens (including phenoxy) is 3. The van der Waals surface area contributed by atoms with Crippen molar-refractivity contribution in [2.45, 2.75) is 316 Å². The van der Waals surface area contributed by atoms with E-state index in [-0.39, 0.29) is 31.1 Å². The van der Waals surface area contributed by atoms with Crippen LogP contribution in [-0.2, 0) is 28.6 Å². The molecule has 0 aliphatic carbocycles. The summed E-state index contributed by atoms with van der Waals surface area (Å²) in [5, 5.41) is 0. The molecule has 6 nitrogen and oxygen atoms in total. The molecule has 0 rings (SSSR count). The predicted molar refractivity (Wildman–Crippen MR) is 321 cm³/mol. The first-order chi connectivity index (χ1) is 36.5. The summed E-state index contributed by atoms with van der Waals surface area (Å²) in [6, 6.07) is 0. The normalized spacial score (nSPS) is 12.6. The van der Waals surface area contributed by atoms with Crippen molar-refractivity contribution in [3.8, 4) is 0 Å². The number of esters is 3. The van der Waals surface area contributed by atoms with Crippen molar-refractivity contribution in [2.75, 3.05) is 13.2 Å². The van der Waals surface area contributed by atoms with Crippen molar-refractivity contribution >= 4 is 17.9 Å². The Hall–Kier alpha value is -3.41. The summed E-state index contributed by atoms with van der Waals surface area (Å²) in [5.74, 6) is -0.902. The molecule has 0 radical (unpaired) electrons. The van der Waals surface area contributed by atoms with E-state index in [0.29, 0.717) is 19.3 Å². The van der Waals surface area contributed by atoms with E-state index in [0.717, 1.165) is 109 Å². The molecule has 0 fully saturated rings. The lowest BCUT2D eigenvalue weighted by Crippen LogP contribution is -2.30. The van der Waals surface area contributed by atoms with E-state index in [2.05, 4.69) is 106 Å². The number of unbranched alkanes of at least 4 members (excludes halogenated alkanes) is 32. The molecule has 0 spiro atoms. The summed E-state index contributed by atoms with van der Waals surface area (Å²) >= 11 is 0. The monoisotopic (exact) mass is 1030 g/mol. The Morgan fingerprint density at radius 1 is 0.284 bits per heavy atom. The standard InChI is InChI=1S/C68H118O6/c1-4-7-10-13-16-19-22-25-28-31-33-34-35-38-40-43-46-49-52-55-58-61-67(70)73-64-65(63-72-66(69)60-57-54-51-48-45-42-39-36-30-27-24-21-18-15-12-9-6-3)74-68(71)62-59-56-53-50-47-44-41-37-32-29-26-23-20-17-14-11-8-5-2/h7,10,16,19,25,27-30,32-34,38,40,65H,4-6,8-9,11-15,17-18,20-24,26,31,35-37,39,41-64H2,1-3H3/b10-7-,19-16-,28-25-,30-27-,32-29-,34-33-,40-38-. The summed E-state index contributed by atoms with van der Waals surface area (Å²) in [4.78, 5) is 38.3. The van der Waals surface area contributed by atoms with Crippen LogP contribution < -0.4 is 0 Å². The molecule has 0 aromatic rings. The van der Waals surface area contributed by atoms with Gasteiger partial charge >= 0.3 is 17.9 Å². The molecule has 6 heteroatoms. The Kier molecular flexibility index (Phi) is 59.3. The van der Waals surface area contributed by atoms with Crippen LogP contribution in [0.2, 0.25) is 0 Å². The van der Waals surface area contributed by atoms with Gasteiger partial charge in [0.1, 0.15) is 13.2 Å². The SMILES string of the molecule is CC/C=C\C/C=C\C/C=C\C/C=C\C/C=C\CCCCCCCC(=O)OCC(COC(=O)CCCCCCCCC/C=C\CCCCCCCC)OC(=O)CCCCCCCCC/C=C\CCCCCCCCC. The van der Waals surface area contributed by atoms with Crippen molar-refractivity contribution in [3.63, 3.8) is 0 Å². The first-order valence-corrected chi connectivity index (χ1v) is 31.6. The lowest BCUT2D eigenvalue weighted by Gasteiger charge is -2.18. The lowest BCUT2D eigenvalue weighted by atomic mass is 10.1. The maximum Gasteiger partial charge on any atom is 0.306 e. The first kappa shape index (κ1) is 70.6. The van der Waals surface area contributed by atoms with E-state index in [1.807, 2.05) is 0 Å². The molecule has 1 unspecified atom stereocenters. The average molecular weight is 1030 g/mol. The van der Waals surface area contributed by atoms with E-state index < -0.39 is 6.10 Å². The van der Waals surface area contributed by atoms with Crippen LogP contribution in [0, 0.1) is 0 Å². The van der Waals surface area contributed by atoms with Crippen molar-refractivity contribution < 1.29 is 28.6 Å². The minimum atomic E-state index is -0.790. The van der Waals surface area contributed by atoms with Crippen molar-refractivity contribution in [2.24, 2.45) is 0 Å². The van der Waals surface area contributed by atoms with Crippen molar-refractivity contribution in [3.05, 3.63) is 85.1 Å². The van der Waals surface area contributed by atoms with Gasteiger partial charge in [0, 0.05) is 19.3 Å². The van der Waals surface area contributed by atoms with Gasteiger partial charge in [0.2, 0.25) is 0 Å². The third kappa shape index (κ3) is 59.5. The average Bonchev–Trinajstić information content (AvgIpc) is 3.40. The van der Waals surface area contributed by atoms with Crippen molar-refractivity contribution in [1.82, 2.24) is 0 Å². The van der Waals surface area contributed by atoms with Crippen LogP contribution in [0.25, 0.3) is 0 Å². The fourth-order valence-electron chi connectivity index (χ4n) is 8.87. The Labute approximate surface area is 458 Å². The largest absolute Gasteiger partial charge is 0.462 e. The molecule has 0 amide bonds. The zero-order chi connectivity index (χ0) is 53.6. The van der Waals surface area contributed by atoms with Gasteiger partial charge in [-0.25, -0.2) is 0 Å². The molecule has 0 aliphatic rings.